The van der Waals surface area contributed by atoms with Crippen LogP contribution in [-0.4, -0.2) is 101 Å². The number of hydrogen-bond acceptors (Lipinski definition) is 9. The van der Waals surface area contributed by atoms with Crippen LogP contribution in [0.15, 0.2) is 114 Å². The maximum absolute atomic E-state index is 13.6. The van der Waals surface area contributed by atoms with Gasteiger partial charge in [0.15, 0.2) is 0 Å². The summed E-state index contributed by atoms with van der Waals surface area (Å²) in [5.41, 5.74) is 4.19. The summed E-state index contributed by atoms with van der Waals surface area (Å²) in [5.74, 6) is 0.510. The molecule has 1 aliphatic rings. The molecule has 0 bridgehead atoms. The van der Waals surface area contributed by atoms with E-state index in [0.29, 0.717) is 82.2 Å². The van der Waals surface area contributed by atoms with E-state index in [1.165, 1.54) is 6.33 Å². The van der Waals surface area contributed by atoms with Crippen LogP contribution in [0.4, 0.5) is 22.0 Å². The molecule has 3 amide bonds. The van der Waals surface area contributed by atoms with Crippen molar-refractivity contribution in [3.05, 3.63) is 125 Å². The highest BCUT2D eigenvalue weighted by atomic mass is 79.9. The Morgan fingerprint density at radius 1 is 0.741 bits per heavy atom. The highest BCUT2D eigenvalue weighted by Gasteiger charge is 2.22. The lowest BCUT2D eigenvalue weighted by Crippen LogP contribution is -2.48. The van der Waals surface area contributed by atoms with Gasteiger partial charge in [0, 0.05) is 80.0 Å². The molecule has 3 N–H and O–H groups in total. The first kappa shape index (κ1) is 38.4. The van der Waals surface area contributed by atoms with Crippen LogP contribution in [-0.2, 0) is 27.4 Å². The van der Waals surface area contributed by atoms with Crippen LogP contribution < -0.4 is 16.0 Å². The molecule has 0 radical (unpaired) electrons. The number of hydrogen-bond donors (Lipinski definition) is 3. The molecule has 4 aromatic carbocycles. The zero-order valence-electron chi connectivity index (χ0n) is 30.1. The van der Waals surface area contributed by atoms with E-state index >= 15 is 0 Å². The molecule has 0 unspecified atom stereocenters. The average molecular weight is 794 g/mol. The summed E-state index contributed by atoms with van der Waals surface area (Å²) in [6.07, 6.45) is 2.14. The van der Waals surface area contributed by atoms with Gasteiger partial charge in [-0.3, -0.25) is 14.5 Å². The maximum atomic E-state index is 13.6. The second-order valence-electron chi connectivity index (χ2n) is 13.1. The van der Waals surface area contributed by atoms with E-state index < -0.39 is 6.09 Å². The highest BCUT2D eigenvalue weighted by Crippen LogP contribution is 2.26. The van der Waals surface area contributed by atoms with Gasteiger partial charge in [-0.05, 0) is 60.0 Å². The average Bonchev–Trinajstić information content (AvgIpc) is 3.19. The van der Waals surface area contributed by atoms with Crippen LogP contribution in [0.2, 0.25) is 0 Å². The number of benzene rings is 4. The molecule has 6 rings (SSSR count). The van der Waals surface area contributed by atoms with Gasteiger partial charge < -0.3 is 30.5 Å². The van der Waals surface area contributed by atoms with Crippen molar-refractivity contribution in [1.29, 1.82) is 0 Å². The molecule has 1 fully saturated rings. The van der Waals surface area contributed by atoms with Gasteiger partial charge in [0.1, 0.15) is 18.8 Å². The van der Waals surface area contributed by atoms with Crippen LogP contribution in [0.5, 0.6) is 0 Å². The van der Waals surface area contributed by atoms with E-state index in [9.17, 15) is 14.4 Å². The number of carbonyl (C=O) groups excluding carboxylic acids is 3. The fourth-order valence-electron chi connectivity index (χ4n) is 6.18. The summed E-state index contributed by atoms with van der Waals surface area (Å²) in [6.45, 7) is 3.97. The van der Waals surface area contributed by atoms with Crippen molar-refractivity contribution in [2.24, 2.45) is 0 Å². The Bertz CT molecular complexity index is 1920. The molecule has 0 spiro atoms. The number of carbonyl (C=O) groups is 3. The first-order chi connectivity index (χ1) is 26.4. The summed E-state index contributed by atoms with van der Waals surface area (Å²) in [4.78, 5) is 54.7. The number of nitrogens with one attached hydrogen (secondary N) is 3. The first-order valence-electron chi connectivity index (χ1n) is 18.2. The van der Waals surface area contributed by atoms with Crippen LogP contribution in [0.25, 0.3) is 10.9 Å². The van der Waals surface area contributed by atoms with Gasteiger partial charge in [0.05, 0.1) is 12.1 Å². The van der Waals surface area contributed by atoms with Gasteiger partial charge in [-0.15, -0.1) is 0 Å². The molecule has 0 aliphatic carbocycles. The Labute approximate surface area is 324 Å². The number of ether oxygens (including phenoxy) is 1. The van der Waals surface area contributed by atoms with Crippen molar-refractivity contribution in [2.75, 3.05) is 69.5 Å². The third kappa shape index (κ3) is 11.6. The third-order valence-electron chi connectivity index (χ3n) is 9.17. The predicted molar refractivity (Wildman–Crippen MR) is 214 cm³/mol. The topological polar surface area (TPSA) is 132 Å². The number of fused-ring (bicyclic) bond motifs is 1. The van der Waals surface area contributed by atoms with Crippen molar-refractivity contribution in [2.45, 2.75) is 19.4 Å². The van der Waals surface area contributed by atoms with Crippen LogP contribution in [0.1, 0.15) is 17.5 Å². The van der Waals surface area contributed by atoms with Gasteiger partial charge in [0.25, 0.3) is 0 Å². The zero-order valence-corrected chi connectivity index (χ0v) is 31.7. The number of amides is 3. The van der Waals surface area contributed by atoms with Crippen LogP contribution >= 0.6 is 15.9 Å². The minimum Gasteiger partial charge on any atom is -0.445 e. The van der Waals surface area contributed by atoms with Gasteiger partial charge >= 0.3 is 6.09 Å². The zero-order chi connectivity index (χ0) is 37.5. The van der Waals surface area contributed by atoms with Crippen LogP contribution in [0, 0.1) is 0 Å². The van der Waals surface area contributed by atoms with Crippen LogP contribution in [0.3, 0.4) is 0 Å². The Hall–Kier alpha value is -5.37. The van der Waals surface area contributed by atoms with Gasteiger partial charge in [-0.25, -0.2) is 14.8 Å². The largest absolute Gasteiger partial charge is 0.445 e. The van der Waals surface area contributed by atoms with E-state index in [1.807, 2.05) is 113 Å². The van der Waals surface area contributed by atoms with Gasteiger partial charge in [-0.2, -0.15) is 0 Å². The minimum absolute atomic E-state index is 0.0649. The molecule has 1 aliphatic heterocycles. The summed E-state index contributed by atoms with van der Waals surface area (Å²) >= 11 is 3.46. The Kier molecular flexibility index (Phi) is 13.9. The van der Waals surface area contributed by atoms with Gasteiger partial charge in [-0.1, -0.05) is 76.6 Å². The monoisotopic (exact) mass is 792 g/mol. The molecule has 1 saturated heterocycles. The van der Waals surface area contributed by atoms with Gasteiger partial charge in [0.2, 0.25) is 11.8 Å². The van der Waals surface area contributed by atoms with E-state index in [-0.39, 0.29) is 25.0 Å². The lowest BCUT2D eigenvalue weighted by molar-refractivity contribution is -0.131. The fourth-order valence-corrected chi connectivity index (χ4v) is 6.44. The molecule has 12 nitrogen and oxygen atoms in total. The van der Waals surface area contributed by atoms with E-state index in [0.717, 1.165) is 26.7 Å². The molecular formula is C41H45BrN8O4. The number of anilines is 3. The van der Waals surface area contributed by atoms with Crippen molar-refractivity contribution in [1.82, 2.24) is 30.0 Å². The number of aromatic nitrogens is 2. The number of aryl methyl sites for hydroxylation is 1. The maximum Gasteiger partial charge on any atom is 0.410 e. The second-order valence-corrected chi connectivity index (χ2v) is 14.0. The Morgan fingerprint density at radius 2 is 1.41 bits per heavy atom. The number of rotatable bonds is 10. The summed E-state index contributed by atoms with van der Waals surface area (Å²) in [5, 5.41) is 10.6. The molecule has 5 aromatic rings. The quantitative estimate of drug-likeness (QED) is 0.154. The molecule has 280 valence electrons. The molecule has 0 saturated carbocycles. The SMILES string of the molecule is O=C(CN1CCN(C(=O)CCc2ccccc2)CCNCCN(C(=O)OCc2ccccc2)CC1)Nc1ccc2c(Nc3ccc(Br)cc3)ncnc2c1. The predicted octanol–water partition coefficient (Wildman–Crippen LogP) is 6.08. The smallest absolute Gasteiger partial charge is 0.410 e. The highest BCUT2D eigenvalue weighted by molar-refractivity contribution is 9.10. The van der Waals surface area contributed by atoms with Crippen molar-refractivity contribution in [3.63, 3.8) is 0 Å². The molecule has 13 heteroatoms. The standard InChI is InChI=1S/C41H45BrN8O4/c42-33-12-14-34(15-13-33)47-40-36-17-16-35(27-37(36)44-30-45-40)46-38(51)28-48-23-25-49(39(52)18-11-31-7-3-1-4-8-31)21-19-43-20-22-50(26-24-48)41(53)54-29-32-9-5-2-6-10-32/h1-10,12-17,27,30,43H,11,18-26,28-29H2,(H,46,51)(H,44,45,47). The molecule has 54 heavy (non-hydrogen) atoms. The van der Waals surface area contributed by atoms with Crippen molar-refractivity contribution < 1.29 is 19.1 Å². The Balaban J connectivity index is 1.12. The molecule has 0 atom stereocenters. The van der Waals surface area contributed by atoms with E-state index in [2.05, 4.69) is 41.8 Å². The Morgan fingerprint density at radius 3 is 2.15 bits per heavy atom. The normalized spacial score (nSPS) is 14.5. The van der Waals surface area contributed by atoms with E-state index in [4.69, 9.17) is 4.74 Å². The minimum atomic E-state index is -0.410. The first-order valence-corrected chi connectivity index (χ1v) is 19.0. The lowest BCUT2D eigenvalue weighted by atomic mass is 10.1. The summed E-state index contributed by atoms with van der Waals surface area (Å²) < 4.78 is 6.65. The van der Waals surface area contributed by atoms with Crippen molar-refractivity contribution >= 4 is 61.9 Å². The molecule has 2 heterocycles. The number of halogens is 1. The van der Waals surface area contributed by atoms with E-state index in [1.54, 1.807) is 4.90 Å². The third-order valence-corrected chi connectivity index (χ3v) is 9.70. The van der Waals surface area contributed by atoms with Crippen molar-refractivity contribution in [3.8, 4) is 0 Å². The molecular weight excluding hydrogens is 748 g/mol. The second kappa shape index (κ2) is 19.6. The number of nitrogens with zero attached hydrogens (tertiary/aromatic N) is 5. The molecule has 1 aromatic heterocycles. The lowest BCUT2D eigenvalue weighted by Gasteiger charge is -2.31. The fraction of sp³-hybridized carbons (Fsp3) is 0.293. The summed E-state index contributed by atoms with van der Waals surface area (Å²) in [6, 6.07) is 32.9. The summed E-state index contributed by atoms with van der Waals surface area (Å²) in [7, 11) is 0.